The van der Waals surface area contributed by atoms with Crippen molar-refractivity contribution in [2.75, 3.05) is 23.7 Å². The quantitative estimate of drug-likeness (QED) is 0.902. The van der Waals surface area contributed by atoms with E-state index in [0.717, 1.165) is 18.4 Å². The lowest BCUT2D eigenvalue weighted by Crippen LogP contribution is -2.28. The predicted octanol–water partition coefficient (Wildman–Crippen LogP) is 2.38. The molecule has 1 saturated heterocycles. The number of fused-ring (bicyclic) bond motifs is 1. The van der Waals surface area contributed by atoms with E-state index < -0.39 is 10.0 Å². The molecule has 0 bridgehead atoms. The lowest BCUT2D eigenvalue weighted by molar-refractivity contribution is 0.0626. The fourth-order valence-electron chi connectivity index (χ4n) is 2.52. The van der Waals surface area contributed by atoms with Crippen molar-refractivity contribution in [3.63, 3.8) is 0 Å². The number of hydrogen-bond acceptors (Lipinski definition) is 4. The third-order valence-corrected chi connectivity index (χ3v) is 5.38. The molecule has 0 aliphatic carbocycles. The van der Waals surface area contributed by atoms with Gasteiger partial charge in [0, 0.05) is 12.0 Å². The average molecular weight is 330 g/mol. The van der Waals surface area contributed by atoms with Crippen LogP contribution in [0.4, 0.5) is 5.69 Å². The van der Waals surface area contributed by atoms with Crippen molar-refractivity contribution >= 4 is 38.2 Å². The Kier molecular flexibility index (Phi) is 4.05. The number of nitrogens with zero attached hydrogens (tertiary/aromatic N) is 1. The standard InChI is InChI=1S/C13H16ClN3O3S/c14-13-10-6-15-16-11(10)3-4-12(13)17-21(18,19)8-9-2-1-5-20-7-9/h3-4,6,9,17H,1-2,5,7-8H2,(H,15,16). The third kappa shape index (κ3) is 3.30. The van der Waals surface area contributed by atoms with Crippen molar-refractivity contribution in [3.05, 3.63) is 23.4 Å². The summed E-state index contributed by atoms with van der Waals surface area (Å²) in [6, 6.07) is 3.38. The molecule has 1 fully saturated rings. The van der Waals surface area contributed by atoms with Gasteiger partial charge < -0.3 is 4.74 Å². The fourth-order valence-corrected chi connectivity index (χ4v) is 4.31. The second-order valence-electron chi connectivity index (χ2n) is 5.22. The number of H-pyrrole nitrogens is 1. The number of rotatable bonds is 4. The normalized spacial score (nSPS) is 19.8. The van der Waals surface area contributed by atoms with Crippen molar-refractivity contribution in [1.82, 2.24) is 10.2 Å². The second kappa shape index (κ2) is 5.82. The average Bonchev–Trinajstić information content (AvgIpc) is 2.92. The minimum absolute atomic E-state index is 0.0349. The van der Waals surface area contributed by atoms with Gasteiger partial charge >= 0.3 is 0 Å². The molecule has 0 saturated carbocycles. The Morgan fingerprint density at radius 2 is 2.33 bits per heavy atom. The summed E-state index contributed by atoms with van der Waals surface area (Å²) >= 11 is 6.22. The maximum Gasteiger partial charge on any atom is 0.233 e. The van der Waals surface area contributed by atoms with Crippen molar-refractivity contribution in [3.8, 4) is 0 Å². The number of anilines is 1. The summed E-state index contributed by atoms with van der Waals surface area (Å²) in [5.41, 5.74) is 1.14. The van der Waals surface area contributed by atoms with E-state index in [9.17, 15) is 8.42 Å². The van der Waals surface area contributed by atoms with E-state index in [1.807, 2.05) is 0 Å². The van der Waals surface area contributed by atoms with Gasteiger partial charge in [-0.05, 0) is 30.9 Å². The largest absolute Gasteiger partial charge is 0.381 e. The Balaban J connectivity index is 1.78. The Labute approximate surface area is 127 Å². The van der Waals surface area contributed by atoms with E-state index in [4.69, 9.17) is 16.3 Å². The van der Waals surface area contributed by atoms with Gasteiger partial charge in [0.15, 0.2) is 0 Å². The number of aromatic nitrogens is 2. The Morgan fingerprint density at radius 1 is 1.48 bits per heavy atom. The first-order valence-corrected chi connectivity index (χ1v) is 8.78. The molecule has 1 unspecified atom stereocenters. The highest BCUT2D eigenvalue weighted by atomic mass is 35.5. The molecule has 8 heteroatoms. The molecule has 1 atom stereocenters. The molecular formula is C13H16ClN3O3S. The van der Waals surface area contributed by atoms with Gasteiger partial charge in [-0.3, -0.25) is 9.82 Å². The number of aromatic amines is 1. The van der Waals surface area contributed by atoms with Crippen molar-refractivity contribution < 1.29 is 13.2 Å². The maximum atomic E-state index is 12.2. The molecule has 0 amide bonds. The molecule has 0 spiro atoms. The summed E-state index contributed by atoms with van der Waals surface area (Å²) in [6.45, 7) is 1.21. The van der Waals surface area contributed by atoms with Crippen LogP contribution in [0.1, 0.15) is 12.8 Å². The van der Waals surface area contributed by atoms with Crippen LogP contribution in [0.2, 0.25) is 5.02 Å². The van der Waals surface area contributed by atoms with Crippen LogP contribution in [0.25, 0.3) is 10.9 Å². The lowest BCUT2D eigenvalue weighted by atomic mass is 10.1. The predicted molar refractivity (Wildman–Crippen MR) is 82.1 cm³/mol. The molecular weight excluding hydrogens is 314 g/mol. The van der Waals surface area contributed by atoms with Gasteiger partial charge in [-0.15, -0.1) is 0 Å². The Hall–Kier alpha value is -1.31. The third-order valence-electron chi connectivity index (χ3n) is 3.53. The van der Waals surface area contributed by atoms with Gasteiger partial charge in [0.05, 0.1) is 34.8 Å². The molecule has 1 aromatic heterocycles. The van der Waals surface area contributed by atoms with Crippen LogP contribution in [0.15, 0.2) is 18.3 Å². The zero-order chi connectivity index (χ0) is 14.9. The lowest BCUT2D eigenvalue weighted by Gasteiger charge is -2.22. The monoisotopic (exact) mass is 329 g/mol. The Morgan fingerprint density at radius 3 is 3.10 bits per heavy atom. The van der Waals surface area contributed by atoms with Crippen LogP contribution < -0.4 is 4.72 Å². The van der Waals surface area contributed by atoms with Crippen molar-refractivity contribution in [2.45, 2.75) is 12.8 Å². The number of ether oxygens (including phenoxy) is 1. The molecule has 1 aliphatic heterocycles. The number of sulfonamides is 1. The van der Waals surface area contributed by atoms with Crippen LogP contribution in [0.5, 0.6) is 0 Å². The van der Waals surface area contributed by atoms with Gasteiger partial charge in [-0.2, -0.15) is 5.10 Å². The van der Waals surface area contributed by atoms with E-state index in [1.165, 1.54) is 0 Å². The van der Waals surface area contributed by atoms with Gasteiger partial charge in [0.2, 0.25) is 10.0 Å². The first-order valence-electron chi connectivity index (χ1n) is 6.75. The first-order chi connectivity index (χ1) is 10.1. The van der Waals surface area contributed by atoms with Crippen LogP contribution in [0.3, 0.4) is 0 Å². The van der Waals surface area contributed by atoms with Gasteiger partial charge in [0.1, 0.15) is 0 Å². The van der Waals surface area contributed by atoms with Crippen molar-refractivity contribution in [2.24, 2.45) is 5.92 Å². The van der Waals surface area contributed by atoms with Gasteiger partial charge in [0.25, 0.3) is 0 Å². The van der Waals surface area contributed by atoms with Crippen LogP contribution in [0, 0.1) is 5.92 Å². The smallest absolute Gasteiger partial charge is 0.233 e. The molecule has 21 heavy (non-hydrogen) atoms. The van der Waals surface area contributed by atoms with Crippen LogP contribution in [-0.2, 0) is 14.8 Å². The van der Waals surface area contributed by atoms with Gasteiger partial charge in [-0.1, -0.05) is 11.6 Å². The molecule has 114 valence electrons. The molecule has 0 radical (unpaired) electrons. The fraction of sp³-hybridized carbons (Fsp3) is 0.462. The van der Waals surface area contributed by atoms with Crippen LogP contribution in [-0.4, -0.2) is 37.6 Å². The summed E-state index contributed by atoms with van der Waals surface area (Å²) in [7, 11) is -3.45. The van der Waals surface area contributed by atoms with Gasteiger partial charge in [-0.25, -0.2) is 8.42 Å². The maximum absolute atomic E-state index is 12.2. The zero-order valence-electron chi connectivity index (χ0n) is 11.3. The topological polar surface area (TPSA) is 84.1 Å². The molecule has 3 rings (SSSR count). The highest BCUT2D eigenvalue weighted by Crippen LogP contribution is 2.30. The number of nitrogens with one attached hydrogen (secondary N) is 2. The highest BCUT2D eigenvalue weighted by molar-refractivity contribution is 7.92. The second-order valence-corrected chi connectivity index (χ2v) is 7.37. The van der Waals surface area contributed by atoms with E-state index in [0.29, 0.717) is 29.3 Å². The molecule has 6 nitrogen and oxygen atoms in total. The molecule has 1 aliphatic rings. The summed E-state index contributed by atoms with van der Waals surface area (Å²) in [5, 5.41) is 7.72. The minimum atomic E-state index is -3.45. The first kappa shape index (κ1) is 14.6. The highest BCUT2D eigenvalue weighted by Gasteiger charge is 2.22. The molecule has 2 heterocycles. The molecule has 2 aromatic rings. The minimum Gasteiger partial charge on any atom is -0.381 e. The van der Waals surface area contributed by atoms with Crippen LogP contribution >= 0.6 is 11.6 Å². The number of halogens is 1. The number of benzene rings is 1. The summed E-state index contributed by atoms with van der Waals surface area (Å²) < 4.78 is 32.4. The van der Waals surface area contributed by atoms with E-state index in [-0.39, 0.29) is 11.7 Å². The van der Waals surface area contributed by atoms with E-state index in [2.05, 4.69) is 14.9 Å². The summed E-state index contributed by atoms with van der Waals surface area (Å²) in [5.74, 6) is 0.0833. The molecule has 2 N–H and O–H groups in total. The summed E-state index contributed by atoms with van der Waals surface area (Å²) in [6.07, 6.45) is 3.35. The number of hydrogen-bond donors (Lipinski definition) is 2. The van der Waals surface area contributed by atoms with Crippen molar-refractivity contribution in [1.29, 1.82) is 0 Å². The van der Waals surface area contributed by atoms with E-state index >= 15 is 0 Å². The molecule has 1 aromatic carbocycles. The summed E-state index contributed by atoms with van der Waals surface area (Å²) in [4.78, 5) is 0. The Bertz CT molecular complexity index is 738. The zero-order valence-corrected chi connectivity index (χ0v) is 12.9. The van der Waals surface area contributed by atoms with E-state index in [1.54, 1.807) is 18.3 Å². The SMILES string of the molecule is O=S(=O)(CC1CCCOC1)Nc1ccc2[nH]ncc2c1Cl.